The number of rotatable bonds is 9. The van der Waals surface area contributed by atoms with Gasteiger partial charge in [0.05, 0.1) is 13.2 Å². The molecule has 32 heavy (non-hydrogen) atoms. The maximum Gasteiger partial charge on any atom is 0.471 e. The second-order valence-corrected chi connectivity index (χ2v) is 7.63. The number of nitrogens with one attached hydrogen (secondary N) is 4. The molecule has 0 bridgehead atoms. The number of alkyl halides is 3. The number of carbonyl (C=O) groups is 2. The zero-order chi connectivity index (χ0) is 23.9. The maximum atomic E-state index is 12.2. The van der Waals surface area contributed by atoms with E-state index in [2.05, 4.69) is 10.6 Å². The van der Waals surface area contributed by atoms with Crippen molar-refractivity contribution in [2.45, 2.75) is 38.0 Å². The minimum atomic E-state index is -4.94. The van der Waals surface area contributed by atoms with Crippen LogP contribution in [-0.4, -0.2) is 56.5 Å². The standard InChI is InChI=1S/C20H26ClF3N4O4/c1-26-14-10-15(31-2)16(9-13(14)17(21)25)32-12-5-3-11(4-6-12)18(29)27-7-8-28-19(30)20(22,23)24/h9-12,25-26H,3-8H2,1-2H3,(H,27,29)(H,28,30). The Morgan fingerprint density at radius 3 is 2.28 bits per heavy atom. The molecule has 0 spiro atoms. The Labute approximate surface area is 188 Å². The lowest BCUT2D eigenvalue weighted by Crippen LogP contribution is -2.42. The highest BCUT2D eigenvalue weighted by Crippen LogP contribution is 2.37. The van der Waals surface area contributed by atoms with E-state index >= 15 is 0 Å². The summed E-state index contributed by atoms with van der Waals surface area (Å²) >= 11 is 5.87. The highest BCUT2D eigenvalue weighted by molar-refractivity contribution is 6.69. The first-order valence-electron chi connectivity index (χ1n) is 10.00. The molecule has 0 atom stereocenters. The van der Waals surface area contributed by atoms with Crippen LogP contribution in [0.4, 0.5) is 18.9 Å². The van der Waals surface area contributed by atoms with Crippen molar-refractivity contribution in [1.82, 2.24) is 10.6 Å². The molecule has 12 heteroatoms. The van der Waals surface area contributed by atoms with Gasteiger partial charge < -0.3 is 25.4 Å². The Bertz CT molecular complexity index is 843. The van der Waals surface area contributed by atoms with E-state index in [1.54, 1.807) is 24.5 Å². The van der Waals surface area contributed by atoms with Crippen molar-refractivity contribution < 1.29 is 32.2 Å². The lowest BCUT2D eigenvalue weighted by Gasteiger charge is -2.29. The van der Waals surface area contributed by atoms with Crippen LogP contribution in [0.2, 0.25) is 0 Å². The van der Waals surface area contributed by atoms with Crippen molar-refractivity contribution in [3.8, 4) is 11.5 Å². The Hall–Kier alpha value is -2.69. The maximum absolute atomic E-state index is 12.2. The molecule has 1 fully saturated rings. The van der Waals surface area contributed by atoms with E-state index in [1.807, 2.05) is 0 Å². The molecule has 8 nitrogen and oxygen atoms in total. The largest absolute Gasteiger partial charge is 0.493 e. The van der Waals surface area contributed by atoms with Gasteiger partial charge in [-0.1, -0.05) is 11.6 Å². The number of benzene rings is 1. The lowest BCUT2D eigenvalue weighted by atomic mass is 9.86. The van der Waals surface area contributed by atoms with Crippen LogP contribution in [-0.2, 0) is 9.59 Å². The van der Waals surface area contributed by atoms with Crippen molar-refractivity contribution in [3.63, 3.8) is 0 Å². The Morgan fingerprint density at radius 2 is 1.75 bits per heavy atom. The number of carbonyl (C=O) groups excluding carboxylic acids is 2. The molecule has 0 aliphatic heterocycles. The van der Waals surface area contributed by atoms with Crippen molar-refractivity contribution in [1.29, 1.82) is 5.41 Å². The molecular formula is C20H26ClF3N4O4. The first-order valence-corrected chi connectivity index (χ1v) is 10.4. The molecule has 0 unspecified atom stereocenters. The summed E-state index contributed by atoms with van der Waals surface area (Å²) in [5, 5.41) is 14.8. The van der Waals surface area contributed by atoms with Crippen molar-refractivity contribution in [3.05, 3.63) is 17.7 Å². The van der Waals surface area contributed by atoms with Gasteiger partial charge in [0.15, 0.2) is 11.5 Å². The highest BCUT2D eigenvalue weighted by atomic mass is 35.5. The fraction of sp³-hybridized carbons (Fsp3) is 0.550. The molecule has 1 aliphatic rings. The van der Waals surface area contributed by atoms with Crippen LogP contribution in [0.15, 0.2) is 12.1 Å². The van der Waals surface area contributed by atoms with Crippen LogP contribution in [0.3, 0.4) is 0 Å². The number of anilines is 1. The molecule has 0 heterocycles. The molecule has 1 aromatic rings. The fourth-order valence-corrected chi connectivity index (χ4v) is 3.59. The fourth-order valence-electron chi connectivity index (χ4n) is 3.43. The van der Waals surface area contributed by atoms with Gasteiger partial charge in [0.1, 0.15) is 5.17 Å². The predicted octanol–water partition coefficient (Wildman–Crippen LogP) is 3.03. The summed E-state index contributed by atoms with van der Waals surface area (Å²) in [6.07, 6.45) is -2.84. The first-order chi connectivity index (χ1) is 15.1. The summed E-state index contributed by atoms with van der Waals surface area (Å²) in [5.41, 5.74) is 1.09. The molecule has 0 aromatic heterocycles. The monoisotopic (exact) mass is 478 g/mol. The minimum Gasteiger partial charge on any atom is -0.493 e. The normalized spacial score (nSPS) is 18.4. The van der Waals surface area contributed by atoms with Gasteiger partial charge in [0.2, 0.25) is 5.91 Å². The number of hydrogen-bond acceptors (Lipinski definition) is 6. The number of halogens is 4. The van der Waals surface area contributed by atoms with Gasteiger partial charge in [0.25, 0.3) is 0 Å². The average molecular weight is 479 g/mol. The number of amides is 2. The van der Waals surface area contributed by atoms with Gasteiger partial charge in [0, 0.05) is 43.4 Å². The van der Waals surface area contributed by atoms with E-state index in [9.17, 15) is 22.8 Å². The second kappa shape index (κ2) is 11.3. The van der Waals surface area contributed by atoms with Crippen LogP contribution >= 0.6 is 11.6 Å². The van der Waals surface area contributed by atoms with Gasteiger partial charge in [-0.3, -0.25) is 15.0 Å². The van der Waals surface area contributed by atoms with Crippen LogP contribution in [0.5, 0.6) is 11.5 Å². The van der Waals surface area contributed by atoms with E-state index in [-0.39, 0.29) is 36.2 Å². The molecule has 1 aliphatic carbocycles. The summed E-state index contributed by atoms with van der Waals surface area (Å²) in [6, 6.07) is 3.33. The predicted molar refractivity (Wildman–Crippen MR) is 114 cm³/mol. The zero-order valence-electron chi connectivity index (χ0n) is 17.7. The minimum absolute atomic E-state index is 0.0841. The van der Waals surface area contributed by atoms with Crippen molar-refractivity contribution in [2.24, 2.45) is 5.92 Å². The third-order valence-electron chi connectivity index (χ3n) is 5.12. The zero-order valence-corrected chi connectivity index (χ0v) is 18.5. The first kappa shape index (κ1) is 25.6. The molecular weight excluding hydrogens is 453 g/mol. The van der Waals surface area contributed by atoms with E-state index in [1.165, 1.54) is 7.11 Å². The third-order valence-corrected chi connectivity index (χ3v) is 5.32. The Kier molecular flexibility index (Phi) is 8.99. The Balaban J connectivity index is 1.85. The molecule has 0 saturated heterocycles. The van der Waals surface area contributed by atoms with Crippen LogP contribution < -0.4 is 25.4 Å². The lowest BCUT2D eigenvalue weighted by molar-refractivity contribution is -0.173. The third kappa shape index (κ3) is 6.91. The molecule has 2 amide bonds. The van der Waals surface area contributed by atoms with Crippen LogP contribution in [0.25, 0.3) is 0 Å². The number of hydrogen-bond donors (Lipinski definition) is 4. The SMILES string of the molecule is CNc1cc(OC)c(OC2CCC(C(=O)NCCNC(=O)C(F)(F)F)CC2)cc1C(=N)Cl. The molecule has 4 N–H and O–H groups in total. The van der Waals surface area contributed by atoms with Gasteiger partial charge in [-0.05, 0) is 31.7 Å². The molecule has 178 valence electrons. The summed E-state index contributed by atoms with van der Waals surface area (Å²) in [4.78, 5) is 23.0. The van der Waals surface area contributed by atoms with Crippen LogP contribution in [0, 0.1) is 11.3 Å². The highest BCUT2D eigenvalue weighted by Gasteiger charge is 2.38. The molecule has 2 rings (SSSR count). The second-order valence-electron chi connectivity index (χ2n) is 7.25. The van der Waals surface area contributed by atoms with E-state index in [0.717, 1.165) is 0 Å². The van der Waals surface area contributed by atoms with Gasteiger partial charge in [-0.2, -0.15) is 13.2 Å². The van der Waals surface area contributed by atoms with E-state index < -0.39 is 12.1 Å². The van der Waals surface area contributed by atoms with E-state index in [0.29, 0.717) is 48.4 Å². The molecule has 1 aromatic carbocycles. The van der Waals surface area contributed by atoms with Gasteiger partial charge >= 0.3 is 12.1 Å². The van der Waals surface area contributed by atoms with Crippen LogP contribution in [0.1, 0.15) is 31.2 Å². The average Bonchev–Trinajstić information content (AvgIpc) is 2.75. The quantitative estimate of drug-likeness (QED) is 0.322. The Morgan fingerprint density at radius 1 is 1.12 bits per heavy atom. The van der Waals surface area contributed by atoms with Gasteiger partial charge in [-0.15, -0.1) is 0 Å². The van der Waals surface area contributed by atoms with E-state index in [4.69, 9.17) is 26.5 Å². The topological polar surface area (TPSA) is 113 Å². The number of methoxy groups -OCH3 is 1. The number of ether oxygens (including phenoxy) is 2. The summed E-state index contributed by atoms with van der Waals surface area (Å²) < 4.78 is 47.8. The summed E-state index contributed by atoms with van der Waals surface area (Å²) in [5.74, 6) is -1.65. The smallest absolute Gasteiger partial charge is 0.471 e. The molecule has 0 radical (unpaired) electrons. The summed E-state index contributed by atoms with van der Waals surface area (Å²) in [7, 11) is 3.21. The van der Waals surface area contributed by atoms with Crippen molar-refractivity contribution in [2.75, 3.05) is 32.6 Å². The summed E-state index contributed by atoms with van der Waals surface area (Å²) in [6.45, 7) is -0.387. The molecule has 1 saturated carbocycles. The van der Waals surface area contributed by atoms with Crippen molar-refractivity contribution >= 4 is 34.3 Å². The van der Waals surface area contributed by atoms with Gasteiger partial charge in [-0.25, -0.2) is 0 Å².